The monoisotopic (exact) mass is 490 g/mol. The molecule has 5 rings (SSSR count). The minimum Gasteiger partial charge on any atom is -0.494 e. The van der Waals surface area contributed by atoms with Gasteiger partial charge < -0.3 is 10.1 Å². The number of carbonyl (C=O) groups excluding carboxylic acids is 1. The van der Waals surface area contributed by atoms with Crippen LogP contribution in [0.15, 0.2) is 53.9 Å². The molecule has 0 aliphatic rings. The Bertz CT molecular complexity index is 1510. The Hall–Kier alpha value is -3.50. The van der Waals surface area contributed by atoms with Gasteiger partial charge in [0, 0.05) is 0 Å². The molecule has 0 unspecified atom stereocenters. The quantitative estimate of drug-likeness (QED) is 0.248. The second-order valence-corrected chi connectivity index (χ2v) is 9.65. The third kappa shape index (κ3) is 4.46. The maximum Gasteiger partial charge on any atom is 0.236 e. The van der Waals surface area contributed by atoms with Crippen LogP contribution in [0.4, 0.5) is 5.13 Å². The highest BCUT2D eigenvalue weighted by molar-refractivity contribution is 8.00. The fraction of sp³-hybridized carbons (Fsp3) is 0.208. The number of fused-ring (bicyclic) bond motifs is 2. The van der Waals surface area contributed by atoms with E-state index in [1.165, 1.54) is 40.6 Å². The van der Waals surface area contributed by atoms with Crippen molar-refractivity contribution < 1.29 is 9.53 Å². The highest BCUT2D eigenvalue weighted by atomic mass is 32.2. The van der Waals surface area contributed by atoms with Crippen LogP contribution < -0.4 is 10.1 Å². The molecule has 34 heavy (non-hydrogen) atoms. The lowest BCUT2D eigenvalue weighted by atomic mass is 10.1. The molecule has 0 aliphatic heterocycles. The molecule has 0 atom stereocenters. The first-order valence-electron chi connectivity index (χ1n) is 10.7. The smallest absolute Gasteiger partial charge is 0.236 e. The molecule has 0 saturated carbocycles. The number of anilines is 1. The maximum absolute atomic E-state index is 12.6. The summed E-state index contributed by atoms with van der Waals surface area (Å²) in [6, 6.07) is 11.9. The van der Waals surface area contributed by atoms with Gasteiger partial charge in [0.05, 0.1) is 39.8 Å². The summed E-state index contributed by atoms with van der Waals surface area (Å²) < 4.78 is 8.30. The largest absolute Gasteiger partial charge is 0.494 e. The van der Waals surface area contributed by atoms with Crippen molar-refractivity contribution in [2.24, 2.45) is 0 Å². The van der Waals surface area contributed by atoms with Crippen LogP contribution in [0, 0.1) is 13.8 Å². The number of nitrogens with zero attached hydrogens (tertiary/aromatic N) is 5. The zero-order valence-electron chi connectivity index (χ0n) is 18.9. The molecule has 8 nitrogen and oxygen atoms in total. The maximum atomic E-state index is 12.6. The number of nitrogens with one attached hydrogen (secondary N) is 1. The van der Waals surface area contributed by atoms with E-state index < -0.39 is 0 Å². The average Bonchev–Trinajstić information content (AvgIpc) is 3.43. The lowest BCUT2D eigenvalue weighted by Crippen LogP contribution is -2.13. The van der Waals surface area contributed by atoms with Crippen molar-refractivity contribution in [1.29, 1.82) is 0 Å². The second kappa shape index (κ2) is 9.40. The topological polar surface area (TPSA) is 94.8 Å². The van der Waals surface area contributed by atoms with Crippen molar-refractivity contribution in [2.45, 2.75) is 25.8 Å². The van der Waals surface area contributed by atoms with Gasteiger partial charge in [-0.3, -0.25) is 4.79 Å². The normalized spacial score (nSPS) is 11.3. The fourth-order valence-corrected chi connectivity index (χ4v) is 5.16. The van der Waals surface area contributed by atoms with Crippen LogP contribution in [0.25, 0.3) is 26.9 Å². The first kappa shape index (κ1) is 22.3. The van der Waals surface area contributed by atoms with Crippen LogP contribution >= 0.6 is 23.1 Å². The summed E-state index contributed by atoms with van der Waals surface area (Å²) in [5.74, 6) is 0.838. The Morgan fingerprint density at radius 1 is 1.15 bits per heavy atom. The van der Waals surface area contributed by atoms with E-state index in [9.17, 15) is 4.79 Å². The average molecular weight is 491 g/mol. The Kier molecular flexibility index (Phi) is 6.16. The number of rotatable bonds is 7. The number of aromatic nitrogens is 5. The standard InChI is InChI=1S/C24H22N6O2S2/c1-4-32-17-7-8-19-20(10-17)34-24(28-19)29-21(31)12-33-23-18-11-27-30(22(18)25-13-26-23)16-6-5-14(2)15(3)9-16/h5-11,13H,4,12H2,1-3H3,(H,28,29,31). The zero-order valence-corrected chi connectivity index (χ0v) is 20.5. The Morgan fingerprint density at radius 2 is 2.03 bits per heavy atom. The van der Waals surface area contributed by atoms with Crippen molar-refractivity contribution in [1.82, 2.24) is 24.7 Å². The van der Waals surface area contributed by atoms with Gasteiger partial charge in [-0.05, 0) is 62.2 Å². The third-order valence-corrected chi connectivity index (χ3v) is 7.26. The summed E-state index contributed by atoms with van der Waals surface area (Å²) in [5.41, 5.74) is 4.88. The number of ether oxygens (including phenoxy) is 1. The minimum absolute atomic E-state index is 0.151. The highest BCUT2D eigenvalue weighted by Gasteiger charge is 2.14. The summed E-state index contributed by atoms with van der Waals surface area (Å²) in [7, 11) is 0. The van der Waals surface area contributed by atoms with Crippen LogP contribution in [-0.2, 0) is 4.79 Å². The van der Waals surface area contributed by atoms with Crippen molar-refractivity contribution in [2.75, 3.05) is 17.7 Å². The van der Waals surface area contributed by atoms with Crippen LogP contribution in [-0.4, -0.2) is 43.0 Å². The molecule has 5 aromatic rings. The van der Waals surface area contributed by atoms with E-state index in [1.54, 1.807) is 10.9 Å². The summed E-state index contributed by atoms with van der Waals surface area (Å²) in [4.78, 5) is 25.9. The molecule has 10 heteroatoms. The van der Waals surface area contributed by atoms with Gasteiger partial charge in [-0.15, -0.1) is 0 Å². The van der Waals surface area contributed by atoms with E-state index in [4.69, 9.17) is 4.74 Å². The fourth-order valence-electron chi connectivity index (χ4n) is 3.49. The number of benzene rings is 2. The number of aryl methyl sites for hydroxylation is 2. The van der Waals surface area contributed by atoms with Gasteiger partial charge in [0.25, 0.3) is 0 Å². The van der Waals surface area contributed by atoms with Gasteiger partial charge in [-0.25, -0.2) is 19.6 Å². The van der Waals surface area contributed by atoms with E-state index >= 15 is 0 Å². The number of hydrogen-bond donors (Lipinski definition) is 1. The van der Waals surface area contributed by atoms with Gasteiger partial charge >= 0.3 is 0 Å². The van der Waals surface area contributed by atoms with Crippen molar-refractivity contribution >= 4 is 55.4 Å². The molecule has 172 valence electrons. The second-order valence-electron chi connectivity index (χ2n) is 7.66. The van der Waals surface area contributed by atoms with E-state index in [0.29, 0.717) is 22.4 Å². The minimum atomic E-state index is -0.151. The van der Waals surface area contributed by atoms with Gasteiger partial charge in [-0.2, -0.15) is 5.10 Å². The van der Waals surface area contributed by atoms with Crippen LogP contribution in [0.2, 0.25) is 0 Å². The number of thioether (sulfide) groups is 1. The number of amides is 1. The van der Waals surface area contributed by atoms with Gasteiger partial charge in [0.2, 0.25) is 5.91 Å². The molecule has 0 aliphatic carbocycles. The molecule has 1 N–H and O–H groups in total. The molecule has 0 spiro atoms. The molecule has 3 heterocycles. The Morgan fingerprint density at radius 3 is 2.85 bits per heavy atom. The van der Waals surface area contributed by atoms with Gasteiger partial charge in [0.15, 0.2) is 10.8 Å². The highest BCUT2D eigenvalue weighted by Crippen LogP contribution is 2.30. The molecule has 2 aromatic carbocycles. The van der Waals surface area contributed by atoms with E-state index in [-0.39, 0.29) is 11.7 Å². The molecule has 0 saturated heterocycles. The Balaban J connectivity index is 1.30. The predicted octanol–water partition coefficient (Wildman–Crippen LogP) is 5.17. The summed E-state index contributed by atoms with van der Waals surface area (Å²) in [5, 5.41) is 9.48. The predicted molar refractivity (Wildman–Crippen MR) is 136 cm³/mol. The van der Waals surface area contributed by atoms with Gasteiger partial charge in [0.1, 0.15) is 17.1 Å². The van der Waals surface area contributed by atoms with E-state index in [0.717, 1.165) is 27.0 Å². The molecule has 0 radical (unpaired) electrons. The van der Waals surface area contributed by atoms with Crippen LogP contribution in [0.5, 0.6) is 5.75 Å². The Labute approximate surface area is 204 Å². The number of thiazole rings is 1. The number of carbonyl (C=O) groups is 1. The van der Waals surface area contributed by atoms with E-state index in [1.807, 2.05) is 31.2 Å². The molecule has 1 amide bonds. The SMILES string of the molecule is CCOc1ccc2nc(NC(=O)CSc3ncnc4c3cnn4-c3ccc(C)c(C)c3)sc2c1. The van der Waals surface area contributed by atoms with Crippen molar-refractivity contribution in [3.63, 3.8) is 0 Å². The third-order valence-electron chi connectivity index (χ3n) is 5.32. The first-order chi connectivity index (χ1) is 16.5. The van der Waals surface area contributed by atoms with Crippen LogP contribution in [0.1, 0.15) is 18.1 Å². The molecule has 0 fully saturated rings. The summed E-state index contributed by atoms with van der Waals surface area (Å²) in [6.45, 7) is 6.70. The van der Waals surface area contributed by atoms with Crippen molar-refractivity contribution in [3.8, 4) is 11.4 Å². The molecule has 3 aromatic heterocycles. The summed E-state index contributed by atoms with van der Waals surface area (Å²) >= 11 is 2.77. The molecule has 0 bridgehead atoms. The van der Waals surface area contributed by atoms with Crippen LogP contribution in [0.3, 0.4) is 0 Å². The lowest BCUT2D eigenvalue weighted by Gasteiger charge is -2.07. The lowest BCUT2D eigenvalue weighted by molar-refractivity contribution is -0.113. The summed E-state index contributed by atoms with van der Waals surface area (Å²) in [6.07, 6.45) is 3.25. The first-order valence-corrected chi connectivity index (χ1v) is 12.5. The van der Waals surface area contributed by atoms with Gasteiger partial charge in [-0.1, -0.05) is 29.2 Å². The number of hydrogen-bond acceptors (Lipinski definition) is 8. The molecular weight excluding hydrogens is 468 g/mol. The van der Waals surface area contributed by atoms with Crippen molar-refractivity contribution in [3.05, 3.63) is 60.0 Å². The van der Waals surface area contributed by atoms with E-state index in [2.05, 4.69) is 51.3 Å². The molecular formula is C24H22N6O2S2. The zero-order chi connectivity index (χ0) is 23.7.